The van der Waals surface area contributed by atoms with Gasteiger partial charge in [0.15, 0.2) is 0 Å². The molecule has 0 radical (unpaired) electrons. The van der Waals surface area contributed by atoms with Crippen molar-refractivity contribution in [3.8, 4) is 0 Å². The van der Waals surface area contributed by atoms with Crippen molar-refractivity contribution in [3.05, 3.63) is 64.8 Å². The van der Waals surface area contributed by atoms with Crippen molar-refractivity contribution in [2.75, 3.05) is 5.32 Å². The average molecular weight is 381 g/mol. The summed E-state index contributed by atoms with van der Waals surface area (Å²) in [5.41, 5.74) is 3.03. The summed E-state index contributed by atoms with van der Waals surface area (Å²) in [6.07, 6.45) is 4.20. The molecule has 4 nitrogen and oxygen atoms in total. The first-order valence-corrected chi connectivity index (χ1v) is 9.64. The molecule has 0 atom stereocenters. The van der Waals surface area contributed by atoms with Crippen molar-refractivity contribution < 1.29 is 9.59 Å². The van der Waals surface area contributed by atoms with Crippen LogP contribution in [0.15, 0.2) is 48.5 Å². The number of anilines is 1. The molecule has 0 unspecified atom stereocenters. The molecular formula is C22H21ClN2O2. The number of hydrogen-bond acceptors (Lipinski definition) is 2. The van der Waals surface area contributed by atoms with Crippen LogP contribution in [-0.4, -0.2) is 16.4 Å². The van der Waals surface area contributed by atoms with Gasteiger partial charge in [0.05, 0.1) is 5.52 Å². The van der Waals surface area contributed by atoms with Gasteiger partial charge in [0.2, 0.25) is 5.91 Å². The third-order valence-corrected chi connectivity index (χ3v) is 5.53. The van der Waals surface area contributed by atoms with Crippen LogP contribution in [-0.2, 0) is 4.79 Å². The Labute approximate surface area is 163 Å². The highest BCUT2D eigenvalue weighted by atomic mass is 35.5. The van der Waals surface area contributed by atoms with Crippen LogP contribution in [0.1, 0.15) is 41.7 Å². The third kappa shape index (κ3) is 3.50. The highest BCUT2D eigenvalue weighted by molar-refractivity contribution is 6.30. The number of halogens is 1. The van der Waals surface area contributed by atoms with Crippen LogP contribution < -0.4 is 5.32 Å². The summed E-state index contributed by atoms with van der Waals surface area (Å²) < 4.78 is 1.70. The fraction of sp³-hybridized carbons (Fsp3) is 0.273. The topological polar surface area (TPSA) is 51.1 Å². The Kier molecular flexibility index (Phi) is 4.75. The minimum atomic E-state index is -0.0955. The summed E-state index contributed by atoms with van der Waals surface area (Å²) in [5, 5.41) is 4.55. The Balaban J connectivity index is 1.63. The van der Waals surface area contributed by atoms with E-state index in [1.807, 2.05) is 31.2 Å². The first-order valence-electron chi connectivity index (χ1n) is 9.26. The average Bonchev–Trinajstić information content (AvgIpc) is 3.28. The van der Waals surface area contributed by atoms with E-state index in [0.717, 1.165) is 48.0 Å². The van der Waals surface area contributed by atoms with E-state index < -0.39 is 0 Å². The second-order valence-electron chi connectivity index (χ2n) is 7.18. The van der Waals surface area contributed by atoms with Gasteiger partial charge in [-0.05, 0) is 68.3 Å². The second kappa shape index (κ2) is 7.20. The van der Waals surface area contributed by atoms with Gasteiger partial charge in [-0.15, -0.1) is 0 Å². The molecule has 0 aliphatic heterocycles. The number of amides is 1. The van der Waals surface area contributed by atoms with Crippen molar-refractivity contribution in [2.45, 2.75) is 32.6 Å². The smallest absolute Gasteiger partial charge is 0.262 e. The minimum absolute atomic E-state index is 0.0955. The number of carbonyl (C=O) groups excluding carboxylic acids is 2. The molecule has 1 aliphatic carbocycles. The lowest BCUT2D eigenvalue weighted by molar-refractivity contribution is -0.119. The van der Waals surface area contributed by atoms with Crippen LogP contribution in [0.3, 0.4) is 0 Å². The lowest BCUT2D eigenvalue weighted by Gasteiger charge is -2.11. The van der Waals surface area contributed by atoms with Gasteiger partial charge in [-0.1, -0.05) is 24.4 Å². The quantitative estimate of drug-likeness (QED) is 0.659. The Morgan fingerprint density at radius 3 is 2.44 bits per heavy atom. The number of rotatable bonds is 3. The number of nitrogens with zero attached hydrogens (tertiary/aromatic N) is 1. The van der Waals surface area contributed by atoms with Gasteiger partial charge < -0.3 is 5.32 Å². The molecule has 1 aliphatic rings. The molecule has 3 aromatic rings. The van der Waals surface area contributed by atoms with Crippen molar-refractivity contribution in [1.82, 2.24) is 4.57 Å². The first kappa shape index (κ1) is 17.8. The zero-order chi connectivity index (χ0) is 19.0. The van der Waals surface area contributed by atoms with Crippen molar-refractivity contribution in [3.63, 3.8) is 0 Å². The normalized spacial score (nSPS) is 14.6. The van der Waals surface area contributed by atoms with Crippen molar-refractivity contribution in [2.24, 2.45) is 5.92 Å². The lowest BCUT2D eigenvalue weighted by atomic mass is 10.1. The first-order chi connectivity index (χ1) is 13.0. The largest absolute Gasteiger partial charge is 0.326 e. The number of nitrogens with one attached hydrogen (secondary N) is 1. The summed E-state index contributed by atoms with van der Waals surface area (Å²) in [6.45, 7) is 1.91. The number of fused-ring (bicyclic) bond motifs is 1. The number of carbonyl (C=O) groups is 2. The molecule has 0 spiro atoms. The third-order valence-electron chi connectivity index (χ3n) is 5.27. The molecule has 27 heavy (non-hydrogen) atoms. The summed E-state index contributed by atoms with van der Waals surface area (Å²) in [4.78, 5) is 25.3. The summed E-state index contributed by atoms with van der Waals surface area (Å²) in [5.74, 6) is 0.126. The lowest BCUT2D eigenvalue weighted by Crippen LogP contribution is -2.20. The standard InChI is InChI=1S/C22H21ClN2O2/c1-14-12-17-13-19(24-21(26)15-4-2-3-5-15)10-11-20(17)25(14)22(27)16-6-8-18(23)9-7-16/h6-13,15H,2-5H2,1H3,(H,24,26). The van der Waals surface area contributed by atoms with Gasteiger partial charge in [-0.25, -0.2) is 0 Å². The van der Waals surface area contributed by atoms with E-state index in [1.54, 1.807) is 28.8 Å². The van der Waals surface area contributed by atoms with Gasteiger partial charge >= 0.3 is 0 Å². The highest BCUT2D eigenvalue weighted by Crippen LogP contribution is 2.28. The van der Waals surface area contributed by atoms with E-state index in [1.165, 1.54) is 0 Å². The van der Waals surface area contributed by atoms with E-state index >= 15 is 0 Å². The van der Waals surface area contributed by atoms with Crippen LogP contribution in [0, 0.1) is 12.8 Å². The van der Waals surface area contributed by atoms with Gasteiger partial charge in [0.1, 0.15) is 0 Å². The van der Waals surface area contributed by atoms with E-state index in [4.69, 9.17) is 11.6 Å². The molecule has 1 fully saturated rings. The maximum absolute atomic E-state index is 12.9. The number of aryl methyl sites for hydroxylation is 1. The van der Waals surface area contributed by atoms with Gasteiger partial charge in [-0.3, -0.25) is 14.2 Å². The predicted molar refractivity (Wildman–Crippen MR) is 108 cm³/mol. The Morgan fingerprint density at radius 2 is 1.74 bits per heavy atom. The van der Waals surface area contributed by atoms with E-state index in [-0.39, 0.29) is 17.7 Å². The van der Waals surface area contributed by atoms with Gasteiger partial charge in [0.25, 0.3) is 5.91 Å². The van der Waals surface area contributed by atoms with Crippen molar-refractivity contribution >= 4 is 40.0 Å². The van der Waals surface area contributed by atoms with E-state index in [9.17, 15) is 9.59 Å². The fourth-order valence-electron chi connectivity index (χ4n) is 3.85. The molecule has 1 saturated carbocycles. The zero-order valence-electron chi connectivity index (χ0n) is 15.2. The Bertz CT molecular complexity index is 1010. The molecule has 1 heterocycles. The number of aromatic nitrogens is 1. The van der Waals surface area contributed by atoms with Gasteiger partial charge in [-0.2, -0.15) is 0 Å². The monoisotopic (exact) mass is 380 g/mol. The molecule has 0 saturated heterocycles. The van der Waals surface area contributed by atoms with Crippen LogP contribution >= 0.6 is 11.6 Å². The Hall–Kier alpha value is -2.59. The fourth-order valence-corrected chi connectivity index (χ4v) is 3.98. The van der Waals surface area contributed by atoms with Crippen LogP contribution in [0.4, 0.5) is 5.69 Å². The zero-order valence-corrected chi connectivity index (χ0v) is 15.9. The molecule has 4 rings (SSSR count). The molecule has 2 aromatic carbocycles. The molecule has 0 bridgehead atoms. The maximum atomic E-state index is 12.9. The molecule has 5 heteroatoms. The summed E-state index contributed by atoms with van der Waals surface area (Å²) in [6, 6.07) is 14.5. The predicted octanol–water partition coefficient (Wildman–Crippen LogP) is 5.42. The molecule has 1 aromatic heterocycles. The number of hydrogen-bond donors (Lipinski definition) is 1. The highest BCUT2D eigenvalue weighted by Gasteiger charge is 2.23. The maximum Gasteiger partial charge on any atom is 0.262 e. The van der Waals surface area contributed by atoms with E-state index in [2.05, 4.69) is 5.32 Å². The molecule has 1 N–H and O–H groups in total. The van der Waals surface area contributed by atoms with Crippen molar-refractivity contribution in [1.29, 1.82) is 0 Å². The van der Waals surface area contributed by atoms with Crippen LogP contribution in [0.5, 0.6) is 0 Å². The summed E-state index contributed by atoms with van der Waals surface area (Å²) >= 11 is 5.92. The molecular weight excluding hydrogens is 360 g/mol. The van der Waals surface area contributed by atoms with E-state index in [0.29, 0.717) is 10.6 Å². The van der Waals surface area contributed by atoms with Gasteiger partial charge in [0, 0.05) is 33.3 Å². The minimum Gasteiger partial charge on any atom is -0.326 e. The summed E-state index contributed by atoms with van der Waals surface area (Å²) in [7, 11) is 0. The molecule has 1 amide bonds. The van der Waals surface area contributed by atoms with Crippen LogP contribution in [0.2, 0.25) is 5.02 Å². The molecule has 138 valence electrons. The SMILES string of the molecule is Cc1cc2cc(NC(=O)C3CCCC3)ccc2n1C(=O)c1ccc(Cl)cc1. The number of benzene rings is 2. The van der Waals surface area contributed by atoms with Crippen LogP contribution in [0.25, 0.3) is 10.9 Å². The second-order valence-corrected chi connectivity index (χ2v) is 7.61. The Morgan fingerprint density at radius 1 is 1.04 bits per heavy atom.